The van der Waals surface area contributed by atoms with Crippen molar-refractivity contribution in [2.75, 3.05) is 6.54 Å². The summed E-state index contributed by atoms with van der Waals surface area (Å²) >= 11 is 0. The number of nitrogens with one attached hydrogen (secondary N) is 1. The van der Waals surface area contributed by atoms with E-state index in [0.717, 1.165) is 12.1 Å². The maximum Gasteiger partial charge on any atom is 0.0584 e. The van der Waals surface area contributed by atoms with Crippen molar-refractivity contribution in [2.24, 2.45) is 0 Å². The summed E-state index contributed by atoms with van der Waals surface area (Å²) in [6.07, 6.45) is 0. The van der Waals surface area contributed by atoms with Gasteiger partial charge >= 0.3 is 0 Å². The first-order chi connectivity index (χ1) is 6.58. The van der Waals surface area contributed by atoms with Crippen molar-refractivity contribution >= 4 is 0 Å². The predicted octanol–water partition coefficient (Wildman–Crippen LogP) is -0.570. The number of hydrogen-bond donors (Lipinski definition) is 1. The van der Waals surface area contributed by atoms with Gasteiger partial charge in [0.05, 0.1) is 6.54 Å². The highest BCUT2D eigenvalue weighted by Crippen LogP contribution is 1.97. The molecular formula is C13H17ClN-. The first-order valence-electron chi connectivity index (χ1n) is 4.87. The molecule has 1 N–H and O–H groups in total. The van der Waals surface area contributed by atoms with Crippen LogP contribution in [0.15, 0.2) is 30.3 Å². The van der Waals surface area contributed by atoms with E-state index < -0.39 is 0 Å². The van der Waals surface area contributed by atoms with Crippen LogP contribution in [0.3, 0.4) is 0 Å². The number of benzene rings is 1. The minimum Gasteiger partial charge on any atom is -1.00 e. The molecule has 0 aliphatic heterocycles. The summed E-state index contributed by atoms with van der Waals surface area (Å²) in [7, 11) is 0. The maximum atomic E-state index is 3.32. The second-order valence-electron chi connectivity index (χ2n) is 4.27. The SMILES string of the molecule is CC(C)(C)NCC#Cc1ccccc1.[Cl-]. The Bertz CT molecular complexity index is 327. The lowest BCUT2D eigenvalue weighted by Gasteiger charge is -2.18. The van der Waals surface area contributed by atoms with E-state index in [9.17, 15) is 0 Å². The molecule has 1 nitrogen and oxygen atoms in total. The Morgan fingerprint density at radius 3 is 2.27 bits per heavy atom. The van der Waals surface area contributed by atoms with E-state index in [0.29, 0.717) is 0 Å². The first kappa shape index (κ1) is 14.0. The van der Waals surface area contributed by atoms with Gasteiger partial charge in [0.15, 0.2) is 0 Å². The summed E-state index contributed by atoms with van der Waals surface area (Å²) in [6.45, 7) is 7.14. The summed E-state index contributed by atoms with van der Waals surface area (Å²) in [6, 6.07) is 10.0. The van der Waals surface area contributed by atoms with Crippen molar-refractivity contribution in [3.63, 3.8) is 0 Å². The van der Waals surface area contributed by atoms with E-state index in [4.69, 9.17) is 0 Å². The van der Waals surface area contributed by atoms with Gasteiger partial charge in [-0.15, -0.1) is 0 Å². The third kappa shape index (κ3) is 7.02. The maximum absolute atomic E-state index is 3.32. The summed E-state index contributed by atoms with van der Waals surface area (Å²) in [5.41, 5.74) is 1.22. The zero-order chi connectivity index (χ0) is 10.4. The third-order valence-electron chi connectivity index (χ3n) is 1.71. The molecule has 2 heteroatoms. The zero-order valence-corrected chi connectivity index (χ0v) is 10.2. The predicted molar refractivity (Wildman–Crippen MR) is 61.1 cm³/mol. The van der Waals surface area contributed by atoms with Gasteiger partial charge in [-0.2, -0.15) is 0 Å². The van der Waals surface area contributed by atoms with Crippen LogP contribution in [-0.2, 0) is 0 Å². The van der Waals surface area contributed by atoms with E-state index in [1.807, 2.05) is 30.3 Å². The molecule has 0 fully saturated rings. The summed E-state index contributed by atoms with van der Waals surface area (Å²) < 4.78 is 0. The van der Waals surface area contributed by atoms with Crippen molar-refractivity contribution in [2.45, 2.75) is 26.3 Å². The molecule has 1 rings (SSSR count). The van der Waals surface area contributed by atoms with E-state index in [1.54, 1.807) is 0 Å². The molecule has 0 aliphatic carbocycles. The molecule has 1 aromatic carbocycles. The highest BCUT2D eigenvalue weighted by atomic mass is 35.5. The van der Waals surface area contributed by atoms with Gasteiger partial charge in [-0.1, -0.05) is 30.0 Å². The van der Waals surface area contributed by atoms with Gasteiger partial charge in [0.2, 0.25) is 0 Å². The van der Waals surface area contributed by atoms with E-state index in [-0.39, 0.29) is 17.9 Å². The lowest BCUT2D eigenvalue weighted by Crippen LogP contribution is -3.00. The number of rotatable bonds is 1. The molecule has 82 valence electrons. The number of halogens is 1. The minimum absolute atomic E-state index is 0. The van der Waals surface area contributed by atoms with E-state index in [1.165, 1.54) is 0 Å². The van der Waals surface area contributed by atoms with Gasteiger partial charge in [0.25, 0.3) is 0 Å². The van der Waals surface area contributed by atoms with Gasteiger partial charge < -0.3 is 17.7 Å². The molecular weight excluding hydrogens is 206 g/mol. The minimum atomic E-state index is 0. The van der Waals surface area contributed by atoms with Gasteiger partial charge in [-0.25, -0.2) is 0 Å². The summed E-state index contributed by atoms with van der Waals surface area (Å²) in [4.78, 5) is 0. The topological polar surface area (TPSA) is 12.0 Å². The Kier molecular flexibility index (Phi) is 6.08. The normalized spacial score (nSPS) is 9.80. The van der Waals surface area contributed by atoms with Crippen LogP contribution in [0, 0.1) is 11.8 Å². The molecule has 0 heterocycles. The second-order valence-corrected chi connectivity index (χ2v) is 4.27. The van der Waals surface area contributed by atoms with Gasteiger partial charge in [-0.05, 0) is 32.9 Å². The van der Waals surface area contributed by atoms with Crippen molar-refractivity contribution in [1.29, 1.82) is 0 Å². The van der Waals surface area contributed by atoms with Crippen LogP contribution < -0.4 is 17.7 Å². The Labute approximate surface area is 98.7 Å². The highest BCUT2D eigenvalue weighted by Gasteiger charge is 2.05. The Morgan fingerprint density at radius 1 is 1.13 bits per heavy atom. The lowest BCUT2D eigenvalue weighted by atomic mass is 10.1. The zero-order valence-electron chi connectivity index (χ0n) is 9.47. The Balaban J connectivity index is 0.00000196. The molecule has 0 spiro atoms. The fourth-order valence-electron chi connectivity index (χ4n) is 0.977. The molecule has 0 aromatic heterocycles. The molecule has 15 heavy (non-hydrogen) atoms. The fourth-order valence-corrected chi connectivity index (χ4v) is 0.977. The molecule has 0 amide bonds. The average Bonchev–Trinajstić information content (AvgIpc) is 2.13. The van der Waals surface area contributed by atoms with Crippen LogP contribution in [0.25, 0.3) is 0 Å². The molecule has 0 bridgehead atoms. The molecule has 0 unspecified atom stereocenters. The van der Waals surface area contributed by atoms with Crippen molar-refractivity contribution < 1.29 is 12.4 Å². The second kappa shape index (κ2) is 6.50. The van der Waals surface area contributed by atoms with Crippen molar-refractivity contribution in [1.82, 2.24) is 5.32 Å². The monoisotopic (exact) mass is 222 g/mol. The van der Waals surface area contributed by atoms with Crippen LogP contribution in [0.4, 0.5) is 0 Å². The molecule has 1 aromatic rings. The van der Waals surface area contributed by atoms with Crippen LogP contribution in [0.5, 0.6) is 0 Å². The van der Waals surface area contributed by atoms with Crippen molar-refractivity contribution in [3.8, 4) is 11.8 Å². The first-order valence-corrected chi connectivity index (χ1v) is 4.87. The largest absolute Gasteiger partial charge is 1.00 e. The van der Waals surface area contributed by atoms with Gasteiger partial charge in [0, 0.05) is 11.1 Å². The molecule has 0 saturated heterocycles. The van der Waals surface area contributed by atoms with Crippen molar-refractivity contribution in [3.05, 3.63) is 35.9 Å². The van der Waals surface area contributed by atoms with Gasteiger partial charge in [-0.3, -0.25) is 0 Å². The molecule has 0 saturated carbocycles. The molecule has 0 radical (unpaired) electrons. The lowest BCUT2D eigenvalue weighted by molar-refractivity contribution is -0.00000363. The van der Waals surface area contributed by atoms with Gasteiger partial charge in [0.1, 0.15) is 0 Å². The Hall–Kier alpha value is -0.970. The fraction of sp³-hybridized carbons (Fsp3) is 0.385. The van der Waals surface area contributed by atoms with Crippen LogP contribution in [0.2, 0.25) is 0 Å². The van der Waals surface area contributed by atoms with E-state index in [2.05, 4.69) is 37.9 Å². The average molecular weight is 223 g/mol. The standard InChI is InChI=1S/C13H17N.ClH/c1-13(2,3)14-11-7-10-12-8-5-4-6-9-12;/h4-6,8-9,14H,11H2,1-3H3;1H/p-1. The van der Waals surface area contributed by atoms with E-state index >= 15 is 0 Å². The third-order valence-corrected chi connectivity index (χ3v) is 1.71. The number of hydrogen-bond acceptors (Lipinski definition) is 1. The van der Waals surface area contributed by atoms with Crippen LogP contribution in [-0.4, -0.2) is 12.1 Å². The smallest absolute Gasteiger partial charge is 0.0584 e. The molecule has 0 atom stereocenters. The Morgan fingerprint density at radius 2 is 1.73 bits per heavy atom. The summed E-state index contributed by atoms with van der Waals surface area (Å²) in [5.74, 6) is 6.20. The quantitative estimate of drug-likeness (QED) is 0.628. The van der Waals surface area contributed by atoms with Crippen LogP contribution in [0.1, 0.15) is 26.3 Å². The van der Waals surface area contributed by atoms with Crippen LogP contribution >= 0.6 is 0 Å². The highest BCUT2D eigenvalue weighted by molar-refractivity contribution is 5.33. The summed E-state index contributed by atoms with van der Waals surface area (Å²) in [5, 5.41) is 3.32. The molecule has 0 aliphatic rings.